The number of carbonyl (C=O) groups is 3. The highest BCUT2D eigenvalue weighted by atomic mass is 16.5. The molecule has 0 bridgehead atoms. The van der Waals surface area contributed by atoms with Gasteiger partial charge in [-0.3, -0.25) is 9.59 Å². The molecule has 2 N–H and O–H groups in total. The van der Waals surface area contributed by atoms with Gasteiger partial charge in [-0.05, 0) is 37.2 Å². The Morgan fingerprint density at radius 1 is 1.19 bits per heavy atom. The summed E-state index contributed by atoms with van der Waals surface area (Å²) in [5.41, 5.74) is -0.113. The minimum atomic E-state index is -0.962. The van der Waals surface area contributed by atoms with Crippen LogP contribution in [0.1, 0.15) is 57.6 Å². The third kappa shape index (κ3) is 5.07. The first-order valence-corrected chi connectivity index (χ1v) is 9.08. The second kappa shape index (κ2) is 8.83. The molecule has 26 heavy (non-hydrogen) atoms. The van der Waals surface area contributed by atoms with Gasteiger partial charge in [0.2, 0.25) is 11.8 Å². The first kappa shape index (κ1) is 19.9. The molecule has 2 rings (SSSR count). The third-order valence-corrected chi connectivity index (χ3v) is 5.05. The molecule has 1 fully saturated rings. The van der Waals surface area contributed by atoms with Gasteiger partial charge in [0.1, 0.15) is 5.54 Å². The smallest absolute Gasteiger partial charge is 0.331 e. The Morgan fingerprint density at radius 2 is 1.81 bits per heavy atom. The number of rotatable bonds is 6. The van der Waals surface area contributed by atoms with Crippen molar-refractivity contribution in [1.29, 1.82) is 0 Å². The molecule has 1 aromatic rings. The average Bonchev–Trinajstić information content (AvgIpc) is 2.63. The molecule has 0 spiro atoms. The molecule has 142 valence electrons. The van der Waals surface area contributed by atoms with Gasteiger partial charge in [-0.1, -0.05) is 37.3 Å². The van der Waals surface area contributed by atoms with Crippen LogP contribution >= 0.6 is 0 Å². The monoisotopic (exact) mass is 360 g/mol. The summed E-state index contributed by atoms with van der Waals surface area (Å²) in [4.78, 5) is 36.6. The lowest BCUT2D eigenvalue weighted by Crippen LogP contribution is -2.57. The lowest BCUT2D eigenvalue weighted by Gasteiger charge is -2.37. The topological polar surface area (TPSA) is 84.5 Å². The average molecular weight is 360 g/mol. The van der Waals surface area contributed by atoms with Gasteiger partial charge >= 0.3 is 5.97 Å². The van der Waals surface area contributed by atoms with E-state index in [1.807, 2.05) is 30.3 Å². The summed E-state index contributed by atoms with van der Waals surface area (Å²) in [6.45, 7) is 3.57. The van der Waals surface area contributed by atoms with Crippen molar-refractivity contribution in [3.63, 3.8) is 0 Å². The lowest BCUT2D eigenvalue weighted by atomic mass is 9.77. The van der Waals surface area contributed by atoms with Crippen LogP contribution < -0.4 is 10.6 Å². The summed E-state index contributed by atoms with van der Waals surface area (Å²) in [5.74, 6) is -0.344. The largest absolute Gasteiger partial charge is 0.467 e. The Labute approximate surface area is 154 Å². The van der Waals surface area contributed by atoms with Crippen molar-refractivity contribution < 1.29 is 19.1 Å². The highest BCUT2D eigenvalue weighted by Crippen LogP contribution is 2.33. The van der Waals surface area contributed by atoms with E-state index in [9.17, 15) is 14.4 Å². The second-order valence-corrected chi connectivity index (χ2v) is 7.17. The molecule has 0 aromatic heterocycles. The molecular weight excluding hydrogens is 332 g/mol. The van der Waals surface area contributed by atoms with Gasteiger partial charge in [0, 0.05) is 6.92 Å². The Hall–Kier alpha value is -2.37. The summed E-state index contributed by atoms with van der Waals surface area (Å²) in [5, 5.41) is 5.72. The normalized spacial score (nSPS) is 23.6. The Kier molecular flexibility index (Phi) is 6.77. The van der Waals surface area contributed by atoms with E-state index in [0.717, 1.165) is 18.4 Å². The molecule has 1 saturated carbocycles. The number of carbonyl (C=O) groups excluding carboxylic acids is 3. The molecule has 0 saturated heterocycles. The zero-order valence-electron chi connectivity index (χ0n) is 15.7. The second-order valence-electron chi connectivity index (χ2n) is 7.17. The predicted octanol–water partition coefficient (Wildman–Crippen LogP) is 2.49. The van der Waals surface area contributed by atoms with Gasteiger partial charge in [-0.2, -0.15) is 0 Å². The molecule has 0 heterocycles. The summed E-state index contributed by atoms with van der Waals surface area (Å²) in [6, 6.07) is 8.90. The van der Waals surface area contributed by atoms with E-state index < -0.39 is 17.6 Å². The maximum atomic E-state index is 12.7. The maximum Gasteiger partial charge on any atom is 0.331 e. The van der Waals surface area contributed by atoms with Gasteiger partial charge in [0.25, 0.3) is 0 Å². The minimum absolute atomic E-state index is 0.0674. The van der Waals surface area contributed by atoms with Crippen molar-refractivity contribution in [2.75, 3.05) is 7.11 Å². The molecule has 2 amide bonds. The van der Waals surface area contributed by atoms with Gasteiger partial charge in [-0.25, -0.2) is 4.79 Å². The van der Waals surface area contributed by atoms with E-state index in [1.165, 1.54) is 14.0 Å². The predicted molar refractivity (Wildman–Crippen MR) is 98.1 cm³/mol. The molecule has 6 nitrogen and oxygen atoms in total. The minimum Gasteiger partial charge on any atom is -0.467 e. The van der Waals surface area contributed by atoms with E-state index in [0.29, 0.717) is 18.8 Å². The molecule has 1 unspecified atom stereocenters. The van der Waals surface area contributed by atoms with Crippen LogP contribution in [0.3, 0.4) is 0 Å². The number of hydrogen-bond acceptors (Lipinski definition) is 4. The van der Waals surface area contributed by atoms with Crippen LogP contribution in [0.4, 0.5) is 0 Å². The highest BCUT2D eigenvalue weighted by molar-refractivity contribution is 5.88. The number of benzene rings is 1. The first-order valence-electron chi connectivity index (χ1n) is 9.08. The van der Waals surface area contributed by atoms with Crippen molar-refractivity contribution in [3.8, 4) is 0 Å². The van der Waals surface area contributed by atoms with Crippen LogP contribution in [0.15, 0.2) is 30.3 Å². The van der Waals surface area contributed by atoms with Crippen LogP contribution in [-0.2, 0) is 19.1 Å². The van der Waals surface area contributed by atoms with E-state index in [2.05, 4.69) is 17.6 Å². The third-order valence-electron chi connectivity index (χ3n) is 5.05. The number of ether oxygens (including phenoxy) is 1. The number of amides is 2. The first-order chi connectivity index (χ1) is 12.4. The highest BCUT2D eigenvalue weighted by Gasteiger charge is 2.43. The Morgan fingerprint density at radius 3 is 2.35 bits per heavy atom. The van der Waals surface area contributed by atoms with E-state index in [-0.39, 0.29) is 18.2 Å². The molecule has 0 radical (unpaired) electrons. The molecule has 6 heteroatoms. The van der Waals surface area contributed by atoms with Gasteiger partial charge in [-0.15, -0.1) is 0 Å². The van der Waals surface area contributed by atoms with Crippen molar-refractivity contribution in [1.82, 2.24) is 10.6 Å². The van der Waals surface area contributed by atoms with Gasteiger partial charge in [0.05, 0.1) is 19.6 Å². The van der Waals surface area contributed by atoms with Crippen LogP contribution in [0.25, 0.3) is 0 Å². The Bertz CT molecular complexity index is 636. The van der Waals surface area contributed by atoms with E-state index in [4.69, 9.17) is 4.74 Å². The van der Waals surface area contributed by atoms with Crippen molar-refractivity contribution in [2.45, 2.75) is 57.5 Å². The standard InChI is InChI=1S/C20H28N2O4/c1-14-9-11-20(12-10-14,19(25)26-3)22-18(24)13-17(21-15(2)23)16-7-5-4-6-8-16/h4-8,14,17H,9-13H2,1-3H3,(H,21,23)(H,22,24). The zero-order chi connectivity index (χ0) is 19.2. The van der Waals surface area contributed by atoms with Crippen LogP contribution in [0.2, 0.25) is 0 Å². The van der Waals surface area contributed by atoms with Crippen molar-refractivity contribution in [3.05, 3.63) is 35.9 Å². The van der Waals surface area contributed by atoms with Crippen molar-refractivity contribution >= 4 is 17.8 Å². The summed E-state index contributed by atoms with van der Waals surface area (Å²) < 4.78 is 4.96. The number of hydrogen-bond donors (Lipinski definition) is 2. The SMILES string of the molecule is COC(=O)C1(NC(=O)CC(NC(C)=O)c2ccccc2)CCC(C)CC1. The quantitative estimate of drug-likeness (QED) is 0.764. The zero-order valence-corrected chi connectivity index (χ0v) is 15.7. The number of nitrogens with one attached hydrogen (secondary N) is 2. The molecule has 1 aliphatic rings. The fourth-order valence-corrected chi connectivity index (χ4v) is 3.52. The molecule has 0 aliphatic heterocycles. The number of esters is 1. The maximum absolute atomic E-state index is 12.7. The van der Waals surface area contributed by atoms with Gasteiger partial charge in [0.15, 0.2) is 0 Å². The van der Waals surface area contributed by atoms with Gasteiger partial charge < -0.3 is 15.4 Å². The van der Waals surface area contributed by atoms with E-state index in [1.54, 1.807) is 0 Å². The molecule has 1 atom stereocenters. The summed E-state index contributed by atoms with van der Waals surface area (Å²) in [7, 11) is 1.35. The molecule has 1 aromatic carbocycles. The van der Waals surface area contributed by atoms with Crippen LogP contribution in [-0.4, -0.2) is 30.4 Å². The summed E-state index contributed by atoms with van der Waals surface area (Å²) >= 11 is 0. The van der Waals surface area contributed by atoms with Crippen LogP contribution in [0.5, 0.6) is 0 Å². The van der Waals surface area contributed by atoms with Crippen molar-refractivity contribution in [2.24, 2.45) is 5.92 Å². The van der Waals surface area contributed by atoms with E-state index >= 15 is 0 Å². The fraction of sp³-hybridized carbons (Fsp3) is 0.550. The molecule has 1 aliphatic carbocycles. The fourth-order valence-electron chi connectivity index (χ4n) is 3.52. The number of methoxy groups -OCH3 is 1. The summed E-state index contributed by atoms with van der Waals surface area (Å²) in [6.07, 6.45) is 2.94. The lowest BCUT2D eigenvalue weighted by molar-refractivity contribution is -0.153. The Balaban J connectivity index is 2.12. The van der Waals surface area contributed by atoms with Crippen LogP contribution in [0, 0.1) is 5.92 Å². The molecular formula is C20H28N2O4.